The lowest BCUT2D eigenvalue weighted by Gasteiger charge is -2.06. The molecule has 0 aliphatic carbocycles. The van der Waals surface area contributed by atoms with Crippen molar-refractivity contribution < 1.29 is 4.74 Å². The van der Waals surface area contributed by atoms with Gasteiger partial charge in [-0.3, -0.25) is 0 Å². The molecule has 5 heteroatoms. The van der Waals surface area contributed by atoms with Crippen LogP contribution in [0.5, 0.6) is 5.75 Å². The van der Waals surface area contributed by atoms with Gasteiger partial charge in [-0.1, -0.05) is 0 Å². The van der Waals surface area contributed by atoms with Crippen LogP contribution in [0.2, 0.25) is 0 Å². The van der Waals surface area contributed by atoms with Crippen molar-refractivity contribution in [2.24, 2.45) is 0 Å². The molecular formula is C13H14N4O. The number of imidazole rings is 1. The Kier molecular flexibility index (Phi) is 2.26. The molecule has 5 nitrogen and oxygen atoms in total. The topological polar surface area (TPSA) is 79.7 Å². The number of fused-ring (bicyclic) bond motifs is 1. The number of rotatable bonds is 2. The number of H-pyrrole nitrogens is 2. The largest absolute Gasteiger partial charge is 0.496 e. The van der Waals surface area contributed by atoms with Gasteiger partial charge in [0, 0.05) is 17.8 Å². The molecule has 0 amide bonds. The van der Waals surface area contributed by atoms with E-state index < -0.39 is 0 Å². The minimum absolute atomic E-state index is 0.739. The second-order valence-corrected chi connectivity index (χ2v) is 4.22. The van der Waals surface area contributed by atoms with Gasteiger partial charge >= 0.3 is 0 Å². The number of anilines is 1. The van der Waals surface area contributed by atoms with Gasteiger partial charge in [-0.05, 0) is 24.6 Å². The van der Waals surface area contributed by atoms with Crippen molar-refractivity contribution in [3.05, 3.63) is 30.1 Å². The number of nitrogen functional groups attached to an aromatic ring is 1. The standard InChI is InChI=1S/C13H14N4O/c1-7-5-10(18-2)8-6-9(13-15-3-4-16-13)17-12(8)11(7)14/h3-6,17H,14H2,1-2H3,(H,15,16). The highest BCUT2D eigenvalue weighted by Crippen LogP contribution is 2.35. The van der Waals surface area contributed by atoms with E-state index in [1.165, 1.54) is 0 Å². The Morgan fingerprint density at radius 1 is 1.33 bits per heavy atom. The molecule has 92 valence electrons. The summed E-state index contributed by atoms with van der Waals surface area (Å²) in [5.41, 5.74) is 9.60. The first-order valence-corrected chi connectivity index (χ1v) is 5.66. The summed E-state index contributed by atoms with van der Waals surface area (Å²) in [5, 5.41) is 0.965. The van der Waals surface area contributed by atoms with Crippen molar-refractivity contribution in [1.82, 2.24) is 15.0 Å². The number of aromatic amines is 2. The summed E-state index contributed by atoms with van der Waals surface area (Å²) in [6.07, 6.45) is 3.50. The molecule has 2 heterocycles. The van der Waals surface area contributed by atoms with Crippen LogP contribution in [-0.2, 0) is 0 Å². The summed E-state index contributed by atoms with van der Waals surface area (Å²) in [6, 6.07) is 3.93. The Morgan fingerprint density at radius 2 is 2.17 bits per heavy atom. The molecule has 0 atom stereocenters. The Labute approximate surface area is 104 Å². The van der Waals surface area contributed by atoms with Crippen molar-refractivity contribution in [2.45, 2.75) is 6.92 Å². The van der Waals surface area contributed by atoms with Gasteiger partial charge in [0.05, 0.1) is 24.0 Å². The number of benzene rings is 1. The lowest BCUT2D eigenvalue weighted by molar-refractivity contribution is 0.419. The molecule has 4 N–H and O–H groups in total. The average Bonchev–Trinajstić information content (AvgIpc) is 3.01. The van der Waals surface area contributed by atoms with Crippen LogP contribution < -0.4 is 10.5 Å². The van der Waals surface area contributed by atoms with Gasteiger partial charge in [0.15, 0.2) is 5.82 Å². The summed E-state index contributed by atoms with van der Waals surface area (Å²) in [4.78, 5) is 10.6. The fourth-order valence-electron chi connectivity index (χ4n) is 2.12. The second-order valence-electron chi connectivity index (χ2n) is 4.22. The fraction of sp³-hybridized carbons (Fsp3) is 0.154. The van der Waals surface area contributed by atoms with E-state index >= 15 is 0 Å². The van der Waals surface area contributed by atoms with E-state index in [2.05, 4.69) is 15.0 Å². The Balaban J connectivity index is 2.31. The lowest BCUT2D eigenvalue weighted by atomic mass is 10.1. The number of hydrogen-bond donors (Lipinski definition) is 3. The fourth-order valence-corrected chi connectivity index (χ4v) is 2.12. The first-order chi connectivity index (χ1) is 8.70. The normalized spacial score (nSPS) is 11.0. The third-order valence-corrected chi connectivity index (χ3v) is 3.10. The molecule has 0 saturated heterocycles. The number of hydrogen-bond acceptors (Lipinski definition) is 3. The monoisotopic (exact) mass is 242 g/mol. The van der Waals surface area contributed by atoms with Crippen LogP contribution in [0.4, 0.5) is 5.69 Å². The predicted octanol–water partition coefficient (Wildman–Crippen LogP) is 2.46. The molecule has 0 unspecified atom stereocenters. The Hall–Kier alpha value is -2.43. The second kappa shape index (κ2) is 3.80. The summed E-state index contributed by atoms with van der Waals surface area (Å²) in [7, 11) is 1.66. The molecule has 3 rings (SSSR count). The Bertz CT molecular complexity index is 697. The maximum atomic E-state index is 6.09. The van der Waals surface area contributed by atoms with Crippen molar-refractivity contribution in [2.75, 3.05) is 12.8 Å². The smallest absolute Gasteiger partial charge is 0.153 e. The van der Waals surface area contributed by atoms with Crippen LogP contribution in [0.3, 0.4) is 0 Å². The maximum absolute atomic E-state index is 6.09. The van der Waals surface area contributed by atoms with E-state index in [9.17, 15) is 0 Å². The van der Waals surface area contributed by atoms with Crippen LogP contribution in [0.1, 0.15) is 5.56 Å². The van der Waals surface area contributed by atoms with Crippen molar-refractivity contribution in [1.29, 1.82) is 0 Å². The van der Waals surface area contributed by atoms with Crippen LogP contribution >= 0.6 is 0 Å². The van der Waals surface area contributed by atoms with Gasteiger partial charge < -0.3 is 20.4 Å². The minimum Gasteiger partial charge on any atom is -0.496 e. The molecular weight excluding hydrogens is 228 g/mol. The number of nitrogens with two attached hydrogens (primary N) is 1. The molecule has 1 aromatic carbocycles. The SMILES string of the molecule is COc1cc(C)c(N)c2[nH]c(-c3ncc[nH]3)cc12. The molecule has 0 aliphatic rings. The lowest BCUT2D eigenvalue weighted by Crippen LogP contribution is -1.93. The van der Waals surface area contributed by atoms with E-state index in [0.717, 1.165) is 39.4 Å². The highest BCUT2D eigenvalue weighted by molar-refractivity contribution is 5.98. The molecule has 18 heavy (non-hydrogen) atoms. The number of nitrogens with zero attached hydrogens (tertiary/aromatic N) is 1. The number of aromatic nitrogens is 3. The van der Waals surface area contributed by atoms with Gasteiger partial charge in [0.1, 0.15) is 5.75 Å². The van der Waals surface area contributed by atoms with E-state index in [4.69, 9.17) is 10.5 Å². The van der Waals surface area contributed by atoms with Crippen LogP contribution in [-0.4, -0.2) is 22.1 Å². The van der Waals surface area contributed by atoms with Gasteiger partial charge in [-0.2, -0.15) is 0 Å². The van der Waals surface area contributed by atoms with Gasteiger partial charge in [-0.15, -0.1) is 0 Å². The Morgan fingerprint density at radius 3 is 2.83 bits per heavy atom. The van der Waals surface area contributed by atoms with Crippen LogP contribution in [0.25, 0.3) is 22.4 Å². The van der Waals surface area contributed by atoms with Crippen molar-refractivity contribution >= 4 is 16.6 Å². The number of aryl methyl sites for hydroxylation is 1. The van der Waals surface area contributed by atoms with Crippen LogP contribution in [0.15, 0.2) is 24.5 Å². The highest BCUT2D eigenvalue weighted by atomic mass is 16.5. The molecule has 3 aromatic rings. The van der Waals surface area contributed by atoms with E-state index in [1.54, 1.807) is 19.5 Å². The molecule has 0 fully saturated rings. The zero-order chi connectivity index (χ0) is 12.7. The van der Waals surface area contributed by atoms with E-state index in [1.807, 2.05) is 19.1 Å². The summed E-state index contributed by atoms with van der Waals surface area (Å²) >= 11 is 0. The van der Waals surface area contributed by atoms with E-state index in [0.29, 0.717) is 0 Å². The number of ether oxygens (including phenoxy) is 1. The zero-order valence-corrected chi connectivity index (χ0v) is 10.2. The van der Waals surface area contributed by atoms with Gasteiger partial charge in [0.25, 0.3) is 0 Å². The first-order valence-electron chi connectivity index (χ1n) is 5.66. The summed E-state index contributed by atoms with van der Waals surface area (Å²) < 4.78 is 5.39. The molecule has 0 saturated carbocycles. The molecule has 0 radical (unpaired) electrons. The van der Waals surface area contributed by atoms with Gasteiger partial charge in [-0.25, -0.2) is 4.98 Å². The number of methoxy groups -OCH3 is 1. The molecule has 2 aromatic heterocycles. The first kappa shape index (κ1) is 10.7. The number of nitrogens with one attached hydrogen (secondary N) is 2. The van der Waals surface area contributed by atoms with Crippen LogP contribution in [0, 0.1) is 6.92 Å². The third-order valence-electron chi connectivity index (χ3n) is 3.10. The summed E-state index contributed by atoms with van der Waals surface area (Å²) in [6.45, 7) is 1.96. The summed E-state index contributed by atoms with van der Waals surface area (Å²) in [5.74, 6) is 1.59. The minimum atomic E-state index is 0.739. The van der Waals surface area contributed by atoms with Crippen molar-refractivity contribution in [3.63, 3.8) is 0 Å². The van der Waals surface area contributed by atoms with E-state index in [-0.39, 0.29) is 0 Å². The molecule has 0 bridgehead atoms. The molecule has 0 aliphatic heterocycles. The van der Waals surface area contributed by atoms with Crippen molar-refractivity contribution in [3.8, 4) is 17.3 Å². The highest BCUT2D eigenvalue weighted by Gasteiger charge is 2.13. The van der Waals surface area contributed by atoms with Gasteiger partial charge in [0.2, 0.25) is 0 Å². The predicted molar refractivity (Wildman–Crippen MR) is 71.6 cm³/mol. The molecule has 0 spiro atoms. The average molecular weight is 242 g/mol. The third kappa shape index (κ3) is 1.44. The quantitative estimate of drug-likeness (QED) is 0.604. The zero-order valence-electron chi connectivity index (χ0n) is 10.2. The maximum Gasteiger partial charge on any atom is 0.153 e.